The van der Waals surface area contributed by atoms with Gasteiger partial charge in [0.1, 0.15) is 11.9 Å². The van der Waals surface area contributed by atoms with Crippen LogP contribution in [0.25, 0.3) is 0 Å². The Bertz CT molecular complexity index is 1440. The van der Waals surface area contributed by atoms with Crippen LogP contribution in [-0.2, 0) is 20.7 Å². The van der Waals surface area contributed by atoms with Gasteiger partial charge in [0, 0.05) is 50.2 Å². The third-order valence-electron chi connectivity index (χ3n) is 11.1. The Labute approximate surface area is 253 Å². The normalized spacial score (nSPS) is 30.1. The molecule has 0 bridgehead atoms. The quantitative estimate of drug-likeness (QED) is 0.522. The molecule has 4 heterocycles. The number of anilines is 1. The number of piperidine rings is 1. The number of hydrogen-bond acceptors (Lipinski definition) is 5. The van der Waals surface area contributed by atoms with Crippen LogP contribution in [0.1, 0.15) is 110 Å². The lowest BCUT2D eigenvalue weighted by atomic mass is 9.80. The largest absolute Gasteiger partial charge is 0.381 e. The number of nitrogens with one attached hydrogen (secondary N) is 1. The van der Waals surface area contributed by atoms with E-state index in [0.29, 0.717) is 43.8 Å². The van der Waals surface area contributed by atoms with Gasteiger partial charge in [-0.1, -0.05) is 24.3 Å². The maximum absolute atomic E-state index is 14.4. The molecule has 4 fully saturated rings. The topological polar surface area (TPSA) is 96.8 Å². The monoisotopic (exact) mass is 585 g/mol. The van der Waals surface area contributed by atoms with Gasteiger partial charge in [0.05, 0.1) is 6.04 Å². The van der Waals surface area contributed by atoms with E-state index in [1.165, 1.54) is 11.1 Å². The molecular weight excluding hydrogens is 542 g/mol. The summed E-state index contributed by atoms with van der Waals surface area (Å²) in [6, 6.07) is 8.19. The summed E-state index contributed by atoms with van der Waals surface area (Å²) >= 11 is 0. The Morgan fingerprint density at radius 3 is 2.58 bits per heavy atom. The fraction of sp³-hybridized carbons (Fsp3) is 0.647. The van der Waals surface area contributed by atoms with Gasteiger partial charge in [-0.3, -0.25) is 19.3 Å². The van der Waals surface area contributed by atoms with Crippen molar-refractivity contribution in [2.24, 2.45) is 11.8 Å². The van der Waals surface area contributed by atoms with Crippen molar-refractivity contribution in [1.82, 2.24) is 20.0 Å². The number of carbonyl (C=O) groups is 3. The summed E-state index contributed by atoms with van der Waals surface area (Å²) < 4.78 is 7.66. The van der Waals surface area contributed by atoms with Gasteiger partial charge < -0.3 is 15.0 Å². The number of carbonyl (C=O) groups excluding carboxylic acids is 3. The van der Waals surface area contributed by atoms with E-state index < -0.39 is 6.04 Å². The zero-order valence-electron chi connectivity index (χ0n) is 25.2. The molecule has 43 heavy (non-hydrogen) atoms. The Morgan fingerprint density at radius 1 is 1.05 bits per heavy atom. The molecule has 1 aromatic carbocycles. The first-order chi connectivity index (χ1) is 21.0. The summed E-state index contributed by atoms with van der Waals surface area (Å²) in [6.07, 6.45) is 9.24. The number of hydrogen-bond donors (Lipinski definition) is 1. The van der Waals surface area contributed by atoms with Crippen molar-refractivity contribution < 1.29 is 19.1 Å². The minimum absolute atomic E-state index is 0.00648. The molecular formula is C34H43N5O4. The fourth-order valence-electron chi connectivity index (χ4n) is 8.67. The second-order valence-electron chi connectivity index (χ2n) is 13.7. The first-order valence-electron chi connectivity index (χ1n) is 16.7. The molecule has 3 aliphatic heterocycles. The smallest absolute Gasteiger partial charge is 0.274 e. The molecule has 1 aromatic heterocycles. The predicted molar refractivity (Wildman–Crippen MR) is 161 cm³/mol. The number of aromatic nitrogens is 2. The van der Waals surface area contributed by atoms with E-state index in [1.807, 2.05) is 16.5 Å². The van der Waals surface area contributed by atoms with Gasteiger partial charge in [-0.05, 0) is 93.6 Å². The lowest BCUT2D eigenvalue weighted by Crippen LogP contribution is -2.56. The molecule has 5 atom stereocenters. The summed E-state index contributed by atoms with van der Waals surface area (Å²) in [5.41, 5.74) is 4.02. The van der Waals surface area contributed by atoms with Crippen LogP contribution in [0.15, 0.2) is 24.3 Å². The van der Waals surface area contributed by atoms with Crippen LogP contribution in [0.3, 0.4) is 0 Å². The summed E-state index contributed by atoms with van der Waals surface area (Å²) in [5, 5.41) is 8.35. The highest BCUT2D eigenvalue weighted by atomic mass is 16.5. The number of likely N-dealkylation sites (N-methyl/N-ethyl adjacent to an activating group) is 1. The maximum atomic E-state index is 14.4. The molecule has 2 aromatic rings. The van der Waals surface area contributed by atoms with Crippen LogP contribution in [0, 0.1) is 11.8 Å². The highest BCUT2D eigenvalue weighted by Crippen LogP contribution is 2.53. The van der Waals surface area contributed by atoms with Crippen LogP contribution in [0.5, 0.6) is 0 Å². The van der Waals surface area contributed by atoms with Crippen LogP contribution in [0.4, 0.5) is 5.82 Å². The third-order valence-corrected chi connectivity index (χ3v) is 11.1. The number of likely N-dealkylation sites (tertiary alicyclic amines) is 1. The number of aryl methyl sites for hydroxylation is 1. The first kappa shape index (κ1) is 27.4. The summed E-state index contributed by atoms with van der Waals surface area (Å²) in [5.74, 6) is 1.46. The average molecular weight is 586 g/mol. The SMILES string of the molecule is CCN1C(=O)C(NC(=O)CC2CCCc3ccccc32)C(C2CC2)c2c(C(=O)N3CCC4CC43)nn(C3CCOCC3)c21. The number of benzene rings is 1. The molecule has 9 nitrogen and oxygen atoms in total. The Hall–Kier alpha value is -3.20. The number of fused-ring (bicyclic) bond motifs is 3. The van der Waals surface area contributed by atoms with Gasteiger partial charge in [-0.25, -0.2) is 4.68 Å². The summed E-state index contributed by atoms with van der Waals surface area (Å²) in [6.45, 7) is 4.51. The van der Waals surface area contributed by atoms with Crippen LogP contribution in [-0.4, -0.2) is 70.8 Å². The van der Waals surface area contributed by atoms with Gasteiger partial charge in [0.15, 0.2) is 5.69 Å². The standard InChI is InChI=1S/C34H43N5O4/c1-2-37-32-29(31(34(42)38-15-12-23-18-26(23)38)36-39(32)24-13-16-43-17-14-24)28(21-10-11-21)30(33(37)41)35-27(40)19-22-8-5-7-20-6-3-4-9-25(20)22/h3-4,6,9,21-24,26,28,30H,2,5,7-8,10-19H2,1H3,(H,35,40). The highest BCUT2D eigenvalue weighted by Gasteiger charge is 2.54. The van der Waals surface area contributed by atoms with Crippen molar-refractivity contribution in [3.8, 4) is 0 Å². The molecule has 3 aliphatic carbocycles. The molecule has 2 saturated carbocycles. The number of rotatable bonds is 7. The van der Waals surface area contributed by atoms with Crippen molar-refractivity contribution in [3.05, 3.63) is 46.6 Å². The molecule has 0 radical (unpaired) electrons. The summed E-state index contributed by atoms with van der Waals surface area (Å²) in [7, 11) is 0. The lowest BCUT2D eigenvalue weighted by Gasteiger charge is -2.39. The Kier molecular flexibility index (Phi) is 6.84. The van der Waals surface area contributed by atoms with E-state index in [9.17, 15) is 14.4 Å². The van der Waals surface area contributed by atoms with Crippen LogP contribution in [0.2, 0.25) is 0 Å². The predicted octanol–water partition coefficient (Wildman–Crippen LogP) is 4.32. The van der Waals surface area contributed by atoms with Crippen molar-refractivity contribution in [1.29, 1.82) is 0 Å². The number of ether oxygens (including phenoxy) is 1. The number of nitrogens with zero attached hydrogens (tertiary/aromatic N) is 4. The number of amides is 3. The second-order valence-corrected chi connectivity index (χ2v) is 13.7. The van der Waals surface area contributed by atoms with E-state index in [1.54, 1.807) is 4.90 Å². The van der Waals surface area contributed by atoms with Crippen molar-refractivity contribution >= 4 is 23.5 Å². The molecule has 5 unspecified atom stereocenters. The molecule has 2 saturated heterocycles. The van der Waals surface area contributed by atoms with Crippen LogP contribution >= 0.6 is 0 Å². The van der Waals surface area contributed by atoms with Gasteiger partial charge in [-0.2, -0.15) is 5.10 Å². The molecule has 228 valence electrons. The summed E-state index contributed by atoms with van der Waals surface area (Å²) in [4.78, 5) is 46.2. The van der Waals surface area contributed by atoms with Crippen LogP contribution < -0.4 is 10.2 Å². The molecule has 9 heteroatoms. The minimum atomic E-state index is -0.683. The minimum Gasteiger partial charge on any atom is -0.381 e. The average Bonchev–Trinajstić information content (AvgIpc) is 3.95. The zero-order chi connectivity index (χ0) is 29.2. The highest BCUT2D eigenvalue weighted by molar-refractivity contribution is 6.05. The Morgan fingerprint density at radius 2 is 1.86 bits per heavy atom. The molecule has 1 N–H and O–H groups in total. The third kappa shape index (κ3) is 4.69. The fourth-order valence-corrected chi connectivity index (χ4v) is 8.67. The second kappa shape index (κ2) is 10.8. The molecule has 6 aliphatic rings. The molecule has 8 rings (SSSR count). The van der Waals surface area contributed by atoms with Crippen molar-refractivity contribution in [3.63, 3.8) is 0 Å². The van der Waals surface area contributed by atoms with Crippen molar-refractivity contribution in [2.45, 2.75) is 101 Å². The molecule has 0 spiro atoms. The van der Waals surface area contributed by atoms with E-state index in [4.69, 9.17) is 9.84 Å². The lowest BCUT2D eigenvalue weighted by molar-refractivity contribution is -0.129. The maximum Gasteiger partial charge on any atom is 0.274 e. The first-order valence-corrected chi connectivity index (χ1v) is 16.7. The molecule has 3 amide bonds. The van der Waals surface area contributed by atoms with Crippen molar-refractivity contribution in [2.75, 3.05) is 31.2 Å². The van der Waals surface area contributed by atoms with E-state index in [2.05, 4.69) is 29.6 Å². The van der Waals surface area contributed by atoms with E-state index >= 15 is 0 Å². The zero-order valence-corrected chi connectivity index (χ0v) is 25.2. The van der Waals surface area contributed by atoms with Gasteiger partial charge in [0.25, 0.3) is 11.8 Å². The van der Waals surface area contributed by atoms with E-state index in [-0.39, 0.29) is 41.5 Å². The van der Waals surface area contributed by atoms with Gasteiger partial charge >= 0.3 is 0 Å². The van der Waals surface area contributed by atoms with E-state index in [0.717, 1.165) is 75.7 Å². The van der Waals surface area contributed by atoms with Gasteiger partial charge in [0.2, 0.25) is 5.91 Å². The Balaban J connectivity index is 1.16. The van der Waals surface area contributed by atoms with Gasteiger partial charge in [-0.15, -0.1) is 0 Å².